The van der Waals surface area contributed by atoms with Crippen LogP contribution in [0.2, 0.25) is 0 Å². The average Bonchev–Trinajstić information content (AvgIpc) is 2.69. The Morgan fingerprint density at radius 3 is 2.62 bits per heavy atom. The van der Waals surface area contributed by atoms with E-state index in [-0.39, 0.29) is 11.5 Å². The number of hydroxylamine groups is 1. The Bertz CT molecular complexity index is 819. The van der Waals surface area contributed by atoms with Crippen LogP contribution >= 0.6 is 0 Å². The fourth-order valence-electron chi connectivity index (χ4n) is 2.86. The summed E-state index contributed by atoms with van der Waals surface area (Å²) in [6.07, 6.45) is -0.0331. The second kappa shape index (κ2) is 7.45. The Morgan fingerprint density at radius 2 is 2.00 bits per heavy atom. The molecule has 0 saturated carbocycles. The van der Waals surface area contributed by atoms with Crippen molar-refractivity contribution in [3.05, 3.63) is 53.6 Å². The van der Waals surface area contributed by atoms with Gasteiger partial charge in [0.2, 0.25) is 0 Å². The minimum Gasteiger partial charge on any atom is -0.497 e. The molecule has 1 heterocycles. The molecule has 0 fully saturated rings. The molecule has 1 aliphatic heterocycles. The lowest BCUT2D eigenvalue weighted by Gasteiger charge is -2.34. The van der Waals surface area contributed by atoms with E-state index in [0.29, 0.717) is 24.4 Å². The van der Waals surface area contributed by atoms with E-state index >= 15 is 0 Å². The summed E-state index contributed by atoms with van der Waals surface area (Å²) in [7, 11) is 1.59. The van der Waals surface area contributed by atoms with Gasteiger partial charge < -0.3 is 14.4 Å². The molecule has 136 valence electrons. The number of amides is 2. The van der Waals surface area contributed by atoms with E-state index in [9.17, 15) is 9.59 Å². The number of fused-ring (bicyclic) bond motifs is 1. The molecule has 1 aliphatic rings. The summed E-state index contributed by atoms with van der Waals surface area (Å²) in [4.78, 5) is 26.1. The zero-order chi connectivity index (χ0) is 18.7. The van der Waals surface area contributed by atoms with Crippen molar-refractivity contribution < 1.29 is 24.3 Å². The van der Waals surface area contributed by atoms with Crippen LogP contribution in [-0.2, 0) is 11.3 Å². The lowest BCUT2D eigenvalue weighted by atomic mass is 10.1. The largest absolute Gasteiger partial charge is 0.497 e. The van der Waals surface area contributed by atoms with Crippen LogP contribution in [0.5, 0.6) is 11.5 Å². The number of carbonyl (C=O) groups excluding carboxylic acids is 2. The number of methoxy groups -OCH3 is 1. The maximum Gasteiger partial charge on any atom is 0.274 e. The van der Waals surface area contributed by atoms with Gasteiger partial charge in [-0.25, -0.2) is 5.48 Å². The first-order chi connectivity index (χ1) is 12.6. The first-order valence-electron chi connectivity index (χ1n) is 8.26. The predicted molar refractivity (Wildman–Crippen MR) is 94.6 cm³/mol. The van der Waals surface area contributed by atoms with Crippen molar-refractivity contribution in [2.75, 3.05) is 12.0 Å². The molecular formula is C19H20N2O5. The quantitative estimate of drug-likeness (QED) is 0.635. The first kappa shape index (κ1) is 17.8. The molecule has 0 radical (unpaired) electrons. The van der Waals surface area contributed by atoms with Gasteiger partial charge in [-0.15, -0.1) is 0 Å². The van der Waals surface area contributed by atoms with E-state index in [0.717, 1.165) is 11.3 Å². The van der Waals surface area contributed by atoms with Crippen LogP contribution in [0, 0.1) is 0 Å². The van der Waals surface area contributed by atoms with Gasteiger partial charge in [0, 0.05) is 5.56 Å². The summed E-state index contributed by atoms with van der Waals surface area (Å²) >= 11 is 0. The summed E-state index contributed by atoms with van der Waals surface area (Å²) in [5, 5.41) is 8.85. The molecule has 7 heteroatoms. The molecule has 1 atom stereocenters. The van der Waals surface area contributed by atoms with Crippen molar-refractivity contribution in [3.8, 4) is 11.5 Å². The molecule has 1 unspecified atom stereocenters. The van der Waals surface area contributed by atoms with Crippen molar-refractivity contribution in [2.45, 2.75) is 26.0 Å². The number of benzene rings is 2. The summed E-state index contributed by atoms with van der Waals surface area (Å²) in [6.45, 7) is 2.21. The Morgan fingerprint density at radius 1 is 1.27 bits per heavy atom. The van der Waals surface area contributed by atoms with Gasteiger partial charge >= 0.3 is 0 Å². The SMILES string of the molecule is CCC1Oc2ccc(C(=O)NO)cc2N(Cc2ccc(OC)cc2)C1=O. The molecule has 2 aromatic rings. The standard InChI is InChI=1S/C19H20N2O5/c1-3-16-19(23)21(11-12-4-7-14(25-2)8-5-12)15-10-13(18(22)20-24)6-9-17(15)26-16/h4-10,16,24H,3,11H2,1-2H3,(H,20,22). The maximum atomic E-state index is 12.8. The van der Waals surface area contributed by atoms with Crippen LogP contribution in [0.1, 0.15) is 29.3 Å². The predicted octanol–water partition coefficient (Wildman–Crippen LogP) is 2.52. The van der Waals surface area contributed by atoms with E-state index in [1.54, 1.807) is 29.6 Å². The van der Waals surface area contributed by atoms with E-state index in [1.807, 2.05) is 31.2 Å². The number of anilines is 1. The lowest BCUT2D eigenvalue weighted by Crippen LogP contribution is -2.45. The van der Waals surface area contributed by atoms with Gasteiger partial charge in [0.05, 0.1) is 19.3 Å². The maximum absolute atomic E-state index is 12.8. The van der Waals surface area contributed by atoms with Crippen LogP contribution in [0.15, 0.2) is 42.5 Å². The molecule has 0 aliphatic carbocycles. The molecule has 7 nitrogen and oxygen atoms in total. The molecule has 0 saturated heterocycles. The fraction of sp³-hybridized carbons (Fsp3) is 0.263. The average molecular weight is 356 g/mol. The smallest absolute Gasteiger partial charge is 0.274 e. The highest BCUT2D eigenvalue weighted by molar-refractivity contribution is 6.02. The minimum absolute atomic E-state index is 0.169. The molecular weight excluding hydrogens is 336 g/mol. The highest BCUT2D eigenvalue weighted by Gasteiger charge is 2.33. The molecule has 0 bridgehead atoms. The molecule has 0 aromatic heterocycles. The summed E-state index contributed by atoms with van der Waals surface area (Å²) in [5.41, 5.74) is 3.25. The third-order valence-corrected chi connectivity index (χ3v) is 4.29. The monoisotopic (exact) mass is 356 g/mol. The summed E-state index contributed by atoms with van der Waals surface area (Å²) in [5.74, 6) is 0.440. The van der Waals surface area contributed by atoms with Crippen LogP contribution in [0.4, 0.5) is 5.69 Å². The Hall–Kier alpha value is -3.06. The Labute approximate surface area is 151 Å². The van der Waals surface area contributed by atoms with Crippen molar-refractivity contribution in [3.63, 3.8) is 0 Å². The molecule has 0 spiro atoms. The summed E-state index contributed by atoms with van der Waals surface area (Å²) < 4.78 is 10.9. The van der Waals surface area contributed by atoms with Gasteiger partial charge in [-0.3, -0.25) is 14.8 Å². The van der Waals surface area contributed by atoms with Crippen LogP contribution in [0.25, 0.3) is 0 Å². The van der Waals surface area contributed by atoms with E-state index in [4.69, 9.17) is 14.7 Å². The second-order valence-corrected chi connectivity index (χ2v) is 5.91. The number of nitrogens with one attached hydrogen (secondary N) is 1. The zero-order valence-corrected chi connectivity index (χ0v) is 14.6. The number of nitrogens with zero attached hydrogens (tertiary/aromatic N) is 1. The second-order valence-electron chi connectivity index (χ2n) is 5.91. The van der Waals surface area contributed by atoms with Crippen molar-refractivity contribution in [1.29, 1.82) is 0 Å². The number of carbonyl (C=O) groups is 2. The lowest BCUT2D eigenvalue weighted by molar-refractivity contribution is -0.126. The Balaban J connectivity index is 1.98. The number of rotatable bonds is 5. The number of hydrogen-bond acceptors (Lipinski definition) is 5. The molecule has 26 heavy (non-hydrogen) atoms. The number of ether oxygens (including phenoxy) is 2. The first-order valence-corrected chi connectivity index (χ1v) is 8.26. The van der Waals surface area contributed by atoms with Crippen LogP contribution in [0.3, 0.4) is 0 Å². The minimum atomic E-state index is -0.651. The highest BCUT2D eigenvalue weighted by Crippen LogP contribution is 2.36. The molecule has 2 aromatic carbocycles. The van der Waals surface area contributed by atoms with E-state index in [1.165, 1.54) is 6.07 Å². The van der Waals surface area contributed by atoms with Crippen molar-refractivity contribution in [2.24, 2.45) is 0 Å². The van der Waals surface area contributed by atoms with Crippen molar-refractivity contribution >= 4 is 17.5 Å². The topological polar surface area (TPSA) is 88.1 Å². The number of hydrogen-bond donors (Lipinski definition) is 2. The van der Waals surface area contributed by atoms with Crippen LogP contribution < -0.4 is 19.9 Å². The van der Waals surface area contributed by atoms with Gasteiger partial charge in [0.1, 0.15) is 11.5 Å². The van der Waals surface area contributed by atoms with E-state index < -0.39 is 12.0 Å². The zero-order valence-electron chi connectivity index (χ0n) is 14.6. The van der Waals surface area contributed by atoms with Gasteiger partial charge in [-0.2, -0.15) is 0 Å². The van der Waals surface area contributed by atoms with Crippen LogP contribution in [-0.4, -0.2) is 30.2 Å². The van der Waals surface area contributed by atoms with Crippen molar-refractivity contribution in [1.82, 2.24) is 5.48 Å². The molecule has 3 rings (SSSR count). The Kier molecular flexibility index (Phi) is 5.09. The third kappa shape index (κ3) is 3.34. The van der Waals surface area contributed by atoms with Gasteiger partial charge in [0.15, 0.2) is 6.10 Å². The highest BCUT2D eigenvalue weighted by atomic mass is 16.5. The third-order valence-electron chi connectivity index (χ3n) is 4.29. The molecule has 2 N–H and O–H groups in total. The molecule has 2 amide bonds. The van der Waals surface area contributed by atoms with E-state index in [2.05, 4.69) is 0 Å². The normalized spacial score (nSPS) is 15.9. The fourth-order valence-corrected chi connectivity index (χ4v) is 2.86. The van der Waals surface area contributed by atoms with Gasteiger partial charge in [-0.05, 0) is 42.3 Å². The van der Waals surface area contributed by atoms with Gasteiger partial charge in [-0.1, -0.05) is 19.1 Å². The summed E-state index contributed by atoms with van der Waals surface area (Å²) in [6, 6.07) is 12.1. The van der Waals surface area contributed by atoms with Gasteiger partial charge in [0.25, 0.3) is 11.8 Å².